The maximum absolute atomic E-state index is 14.1. The number of aromatic nitrogens is 4. The van der Waals surface area contributed by atoms with E-state index in [9.17, 15) is 18.7 Å². The van der Waals surface area contributed by atoms with Crippen LogP contribution in [0.3, 0.4) is 0 Å². The molecule has 1 saturated carbocycles. The van der Waals surface area contributed by atoms with E-state index in [0.717, 1.165) is 34.3 Å². The Bertz CT molecular complexity index is 1320. The Morgan fingerprint density at radius 1 is 1.27 bits per heavy atom. The summed E-state index contributed by atoms with van der Waals surface area (Å²) < 4.78 is 29.6. The van der Waals surface area contributed by atoms with Gasteiger partial charge in [-0.25, -0.2) is 13.8 Å². The summed E-state index contributed by atoms with van der Waals surface area (Å²) in [6.07, 6.45) is 3.22. The Balaban J connectivity index is 1.86. The van der Waals surface area contributed by atoms with Crippen LogP contribution in [0, 0.1) is 17.0 Å². The summed E-state index contributed by atoms with van der Waals surface area (Å²) in [5, 5.41) is 17.4. The first-order valence-corrected chi connectivity index (χ1v) is 9.87. The van der Waals surface area contributed by atoms with Crippen molar-refractivity contribution in [1.82, 2.24) is 19.7 Å². The second kappa shape index (κ2) is 6.35. The number of halogens is 2. The second-order valence-electron chi connectivity index (χ2n) is 8.38. The van der Waals surface area contributed by atoms with Gasteiger partial charge in [-0.3, -0.25) is 9.89 Å². The van der Waals surface area contributed by atoms with Crippen LogP contribution < -0.4 is 0 Å². The summed E-state index contributed by atoms with van der Waals surface area (Å²) in [5.74, 6) is -2.66. The summed E-state index contributed by atoms with van der Waals surface area (Å²) >= 11 is 0. The predicted octanol–water partition coefficient (Wildman–Crippen LogP) is 4.71. The van der Waals surface area contributed by atoms with Gasteiger partial charge in [0.1, 0.15) is 0 Å². The van der Waals surface area contributed by atoms with Crippen LogP contribution in [0.1, 0.15) is 43.9 Å². The molecule has 1 aliphatic rings. The molecule has 1 fully saturated rings. The average molecular weight is 410 g/mol. The van der Waals surface area contributed by atoms with Crippen molar-refractivity contribution < 1.29 is 18.7 Å². The smallest absolute Gasteiger partial charge is 0.309 e. The van der Waals surface area contributed by atoms with Gasteiger partial charge in [0.2, 0.25) is 0 Å². The van der Waals surface area contributed by atoms with Crippen molar-refractivity contribution in [3.63, 3.8) is 0 Å². The lowest BCUT2D eigenvalue weighted by Gasteiger charge is -2.17. The molecule has 0 amide bonds. The van der Waals surface area contributed by atoms with Crippen LogP contribution in [-0.2, 0) is 11.2 Å². The van der Waals surface area contributed by atoms with Gasteiger partial charge in [-0.1, -0.05) is 13.8 Å². The molecule has 3 aromatic heterocycles. The van der Waals surface area contributed by atoms with E-state index < -0.39 is 23.0 Å². The molecule has 0 radical (unpaired) electrons. The van der Waals surface area contributed by atoms with E-state index in [0.29, 0.717) is 36.1 Å². The summed E-state index contributed by atoms with van der Waals surface area (Å²) in [4.78, 5) is 16.6. The fraction of sp³-hybridized carbons (Fsp3) is 0.318. The molecule has 0 aliphatic heterocycles. The van der Waals surface area contributed by atoms with E-state index in [1.54, 1.807) is 6.20 Å². The van der Waals surface area contributed by atoms with Crippen LogP contribution in [0.25, 0.3) is 27.8 Å². The lowest BCUT2D eigenvalue weighted by molar-refractivity contribution is -0.143. The molecular formula is C22H20F2N4O2. The van der Waals surface area contributed by atoms with Crippen LogP contribution in [0.15, 0.2) is 30.5 Å². The number of hydrogen-bond acceptors (Lipinski definition) is 3. The molecule has 154 valence electrons. The van der Waals surface area contributed by atoms with Gasteiger partial charge in [-0.15, -0.1) is 0 Å². The molecule has 2 N–H and O–H groups in total. The first-order valence-electron chi connectivity index (χ1n) is 9.87. The molecule has 0 bridgehead atoms. The first-order chi connectivity index (χ1) is 14.3. The quantitative estimate of drug-likeness (QED) is 0.499. The van der Waals surface area contributed by atoms with Crippen molar-refractivity contribution in [2.45, 2.75) is 39.0 Å². The Hall–Kier alpha value is -3.29. The number of benzene rings is 1. The molecule has 8 heteroatoms. The number of carbonyl (C=O) groups is 1. The Labute approximate surface area is 170 Å². The largest absolute Gasteiger partial charge is 0.481 e. The van der Waals surface area contributed by atoms with Gasteiger partial charge in [0.05, 0.1) is 22.6 Å². The van der Waals surface area contributed by atoms with E-state index in [4.69, 9.17) is 4.98 Å². The summed E-state index contributed by atoms with van der Waals surface area (Å²) in [7, 11) is 0. The van der Waals surface area contributed by atoms with Crippen LogP contribution in [-0.4, -0.2) is 30.8 Å². The number of nitrogens with one attached hydrogen (secondary N) is 1. The molecule has 6 nitrogen and oxygen atoms in total. The van der Waals surface area contributed by atoms with E-state index in [1.807, 2.05) is 24.5 Å². The lowest BCUT2D eigenvalue weighted by atomic mass is 9.93. The molecule has 5 rings (SSSR count). The molecule has 0 spiro atoms. The Morgan fingerprint density at radius 2 is 2.03 bits per heavy atom. The standard InChI is InChI=1S/C22H20F2N4O2/c1-11(2)19-14(9-22(5-6-22)21(29)30)18-17(7-12-10-25-27-20(12)26-18)28(19)13-3-4-15(23)16(24)8-13/h3-4,7-8,10-11H,5-6,9H2,1-2H3,(H,29,30)(H,25,26,27). The highest BCUT2D eigenvalue weighted by Crippen LogP contribution is 2.51. The third-order valence-electron chi connectivity index (χ3n) is 6.01. The predicted molar refractivity (Wildman–Crippen MR) is 108 cm³/mol. The lowest BCUT2D eigenvalue weighted by Crippen LogP contribution is -2.19. The van der Waals surface area contributed by atoms with E-state index in [2.05, 4.69) is 10.2 Å². The first kappa shape index (κ1) is 18.7. The number of carboxylic acids is 1. The van der Waals surface area contributed by atoms with Crippen molar-refractivity contribution in [2.24, 2.45) is 5.41 Å². The number of hydrogen-bond donors (Lipinski definition) is 2. The number of rotatable bonds is 5. The van der Waals surface area contributed by atoms with Crippen molar-refractivity contribution in [3.8, 4) is 5.69 Å². The van der Waals surface area contributed by atoms with Crippen molar-refractivity contribution in [1.29, 1.82) is 0 Å². The van der Waals surface area contributed by atoms with Crippen LogP contribution in [0.4, 0.5) is 8.78 Å². The molecule has 4 aromatic rings. The zero-order chi connectivity index (χ0) is 21.2. The van der Waals surface area contributed by atoms with E-state index in [1.165, 1.54) is 6.07 Å². The average Bonchev–Trinajstić information content (AvgIpc) is 3.23. The van der Waals surface area contributed by atoms with Crippen LogP contribution in [0.5, 0.6) is 0 Å². The summed E-state index contributed by atoms with van der Waals surface area (Å²) in [5.41, 5.74) is 3.35. The second-order valence-corrected chi connectivity index (χ2v) is 8.38. The summed E-state index contributed by atoms with van der Waals surface area (Å²) in [6, 6.07) is 5.69. The van der Waals surface area contributed by atoms with Gasteiger partial charge in [0.25, 0.3) is 0 Å². The summed E-state index contributed by atoms with van der Waals surface area (Å²) in [6.45, 7) is 4.00. The van der Waals surface area contributed by atoms with Crippen LogP contribution >= 0.6 is 0 Å². The SMILES string of the molecule is CC(C)c1c(CC2(C(=O)O)CC2)c2nc3[nH]ncc3cc2n1-c1ccc(F)c(F)c1. The van der Waals surface area contributed by atoms with Crippen LogP contribution in [0.2, 0.25) is 0 Å². The van der Waals surface area contributed by atoms with Gasteiger partial charge in [0, 0.05) is 28.4 Å². The number of pyridine rings is 1. The number of nitrogens with zero attached hydrogens (tertiary/aromatic N) is 3. The number of fused-ring (bicyclic) bond motifs is 2. The maximum Gasteiger partial charge on any atom is 0.309 e. The maximum atomic E-state index is 14.1. The Kier molecular flexibility index (Phi) is 3.96. The molecule has 1 aliphatic carbocycles. The minimum atomic E-state index is -0.938. The Morgan fingerprint density at radius 3 is 2.67 bits per heavy atom. The zero-order valence-corrected chi connectivity index (χ0v) is 16.5. The van der Waals surface area contributed by atoms with Gasteiger partial charge in [0.15, 0.2) is 17.3 Å². The molecule has 0 unspecified atom stereocenters. The van der Waals surface area contributed by atoms with Crippen molar-refractivity contribution in [2.75, 3.05) is 0 Å². The molecular weight excluding hydrogens is 390 g/mol. The molecule has 0 atom stereocenters. The van der Waals surface area contributed by atoms with Gasteiger partial charge < -0.3 is 9.67 Å². The minimum Gasteiger partial charge on any atom is -0.481 e. The molecule has 3 heterocycles. The normalized spacial score (nSPS) is 15.4. The highest BCUT2D eigenvalue weighted by Gasteiger charge is 2.51. The molecule has 1 aromatic carbocycles. The highest BCUT2D eigenvalue weighted by molar-refractivity contribution is 5.94. The zero-order valence-electron chi connectivity index (χ0n) is 16.5. The fourth-order valence-corrected chi connectivity index (χ4v) is 4.29. The number of aromatic amines is 1. The molecule has 0 saturated heterocycles. The van der Waals surface area contributed by atoms with Crippen molar-refractivity contribution in [3.05, 3.63) is 53.4 Å². The number of carboxylic acid groups (broad SMARTS) is 1. The van der Waals surface area contributed by atoms with E-state index in [-0.39, 0.29) is 5.92 Å². The fourth-order valence-electron chi connectivity index (χ4n) is 4.29. The van der Waals surface area contributed by atoms with Gasteiger partial charge in [-0.05, 0) is 43.4 Å². The van der Waals surface area contributed by atoms with E-state index >= 15 is 0 Å². The third kappa shape index (κ3) is 2.70. The number of aliphatic carboxylic acids is 1. The third-order valence-corrected chi connectivity index (χ3v) is 6.01. The van der Waals surface area contributed by atoms with Gasteiger partial charge in [-0.2, -0.15) is 5.10 Å². The van der Waals surface area contributed by atoms with Gasteiger partial charge >= 0.3 is 5.97 Å². The highest BCUT2D eigenvalue weighted by atomic mass is 19.2. The monoisotopic (exact) mass is 410 g/mol. The number of H-pyrrole nitrogens is 1. The minimum absolute atomic E-state index is 0.00313. The molecule has 30 heavy (non-hydrogen) atoms. The van der Waals surface area contributed by atoms with Crippen molar-refractivity contribution >= 4 is 28.0 Å². The topological polar surface area (TPSA) is 83.8 Å².